The number of rotatable bonds is 3. The average molecular weight is 406 g/mol. The van der Waals surface area contributed by atoms with Gasteiger partial charge in [-0.1, -0.05) is 41.5 Å². The van der Waals surface area contributed by atoms with E-state index in [0.29, 0.717) is 0 Å². The number of hydrogen-bond acceptors (Lipinski definition) is 6. The molecule has 0 spiro atoms. The smallest absolute Gasteiger partial charge is 0.325 e. The molecule has 0 aromatic heterocycles. The summed E-state index contributed by atoms with van der Waals surface area (Å²) in [7, 11) is 1.20. The van der Waals surface area contributed by atoms with Gasteiger partial charge in [0, 0.05) is 11.1 Å². The molecule has 1 aromatic rings. The lowest BCUT2D eigenvalue weighted by atomic mass is 9.78. The Morgan fingerprint density at radius 3 is 2.04 bits per heavy atom. The van der Waals surface area contributed by atoms with E-state index >= 15 is 0 Å². The van der Waals surface area contributed by atoms with Crippen LogP contribution >= 0.6 is 11.8 Å². The van der Waals surface area contributed by atoms with Gasteiger partial charge in [-0.25, -0.2) is 0 Å². The van der Waals surface area contributed by atoms with Gasteiger partial charge in [0.25, 0.3) is 11.1 Å². The normalized spacial score (nSPS) is 16.8. The maximum Gasteiger partial charge on any atom is 0.325 e. The van der Waals surface area contributed by atoms with E-state index < -0.39 is 23.7 Å². The lowest BCUT2D eigenvalue weighted by Crippen LogP contribution is -2.34. The number of nitrogens with zero attached hydrogens (tertiary/aromatic N) is 1. The van der Waals surface area contributed by atoms with Crippen molar-refractivity contribution in [3.63, 3.8) is 0 Å². The van der Waals surface area contributed by atoms with Crippen molar-refractivity contribution < 1.29 is 24.2 Å². The number of methoxy groups -OCH3 is 1. The van der Waals surface area contributed by atoms with Crippen LogP contribution in [-0.2, 0) is 25.2 Å². The minimum atomic E-state index is -0.654. The van der Waals surface area contributed by atoms with Crippen LogP contribution < -0.4 is 0 Å². The van der Waals surface area contributed by atoms with Crippen molar-refractivity contribution in [1.82, 2.24) is 4.90 Å². The van der Waals surface area contributed by atoms with Gasteiger partial charge in [-0.2, -0.15) is 0 Å². The molecule has 7 heteroatoms. The summed E-state index contributed by atoms with van der Waals surface area (Å²) >= 11 is 0.788. The van der Waals surface area contributed by atoms with E-state index in [1.807, 2.05) is 53.7 Å². The molecular formula is C21H27NO5S. The Labute approximate surface area is 169 Å². The highest BCUT2D eigenvalue weighted by Crippen LogP contribution is 2.41. The number of carbonyl (C=O) groups excluding carboxylic acids is 3. The second-order valence-corrected chi connectivity index (χ2v) is 9.80. The van der Waals surface area contributed by atoms with Gasteiger partial charge in [-0.3, -0.25) is 19.3 Å². The van der Waals surface area contributed by atoms with Gasteiger partial charge in [0.2, 0.25) is 0 Å². The van der Waals surface area contributed by atoms with Crippen LogP contribution in [0.2, 0.25) is 0 Å². The fourth-order valence-electron chi connectivity index (χ4n) is 2.86. The first-order valence-corrected chi connectivity index (χ1v) is 9.77. The van der Waals surface area contributed by atoms with Crippen LogP contribution in [0, 0.1) is 0 Å². The van der Waals surface area contributed by atoms with Crippen molar-refractivity contribution >= 4 is 35.0 Å². The molecule has 0 radical (unpaired) electrons. The molecule has 1 fully saturated rings. The Morgan fingerprint density at radius 2 is 1.61 bits per heavy atom. The molecule has 0 bridgehead atoms. The number of phenols is 1. The van der Waals surface area contributed by atoms with E-state index in [1.54, 1.807) is 6.08 Å². The number of esters is 1. The van der Waals surface area contributed by atoms with Crippen LogP contribution in [0.1, 0.15) is 58.2 Å². The molecule has 28 heavy (non-hydrogen) atoms. The summed E-state index contributed by atoms with van der Waals surface area (Å²) in [5, 5.41) is 10.3. The lowest BCUT2D eigenvalue weighted by Gasteiger charge is -2.28. The molecule has 1 heterocycles. The molecule has 0 saturated carbocycles. The molecule has 1 N–H and O–H groups in total. The first kappa shape index (κ1) is 22.0. The zero-order chi connectivity index (χ0) is 21.4. The van der Waals surface area contributed by atoms with E-state index in [0.717, 1.165) is 33.4 Å². The number of phenolic OH excluding ortho intramolecular Hbond substituents is 1. The Kier molecular flexibility index (Phi) is 5.99. The van der Waals surface area contributed by atoms with Crippen LogP contribution in [-0.4, -0.2) is 40.8 Å². The third-order valence-corrected chi connectivity index (χ3v) is 5.34. The predicted molar refractivity (Wildman–Crippen MR) is 110 cm³/mol. The quantitative estimate of drug-likeness (QED) is 0.599. The third kappa shape index (κ3) is 4.58. The highest BCUT2D eigenvalue weighted by molar-refractivity contribution is 8.18. The number of amides is 2. The van der Waals surface area contributed by atoms with Crippen molar-refractivity contribution in [3.05, 3.63) is 33.7 Å². The molecule has 152 valence electrons. The van der Waals surface area contributed by atoms with Gasteiger partial charge in [0.05, 0.1) is 12.0 Å². The van der Waals surface area contributed by atoms with Gasteiger partial charge in [0.15, 0.2) is 0 Å². The van der Waals surface area contributed by atoms with Gasteiger partial charge in [-0.05, 0) is 46.4 Å². The molecule has 2 amide bonds. The number of carbonyl (C=O) groups is 3. The Morgan fingerprint density at radius 1 is 1.11 bits per heavy atom. The summed E-state index contributed by atoms with van der Waals surface area (Å²) in [6.07, 6.45) is 1.63. The highest BCUT2D eigenvalue weighted by Gasteiger charge is 2.37. The van der Waals surface area contributed by atoms with E-state index in [9.17, 15) is 19.5 Å². The summed E-state index contributed by atoms with van der Waals surface area (Å²) in [5.74, 6) is -0.933. The molecule has 0 aliphatic carbocycles. The summed E-state index contributed by atoms with van der Waals surface area (Å²) in [6.45, 7) is 11.6. The highest BCUT2D eigenvalue weighted by atomic mass is 32.2. The van der Waals surface area contributed by atoms with Gasteiger partial charge >= 0.3 is 5.97 Å². The van der Waals surface area contributed by atoms with Crippen molar-refractivity contribution in [2.45, 2.75) is 52.4 Å². The molecule has 0 atom stereocenters. The number of imide groups is 1. The zero-order valence-electron chi connectivity index (χ0n) is 17.4. The fraction of sp³-hybridized carbons (Fsp3) is 0.476. The minimum absolute atomic E-state index is 0.235. The van der Waals surface area contributed by atoms with Crippen molar-refractivity contribution in [2.24, 2.45) is 0 Å². The first-order valence-electron chi connectivity index (χ1n) is 8.96. The molecule has 1 aliphatic rings. The second-order valence-electron chi connectivity index (χ2n) is 8.81. The number of aromatic hydroxyl groups is 1. The number of benzene rings is 1. The second kappa shape index (κ2) is 7.62. The van der Waals surface area contributed by atoms with E-state index in [2.05, 4.69) is 4.74 Å². The van der Waals surface area contributed by atoms with E-state index in [4.69, 9.17) is 0 Å². The summed E-state index contributed by atoms with van der Waals surface area (Å²) in [5.41, 5.74) is 1.63. The summed E-state index contributed by atoms with van der Waals surface area (Å²) in [6, 6.07) is 3.66. The fourth-order valence-corrected chi connectivity index (χ4v) is 3.70. The van der Waals surface area contributed by atoms with E-state index in [1.165, 1.54) is 7.11 Å². The number of thioether (sulfide) groups is 1. The summed E-state index contributed by atoms with van der Waals surface area (Å²) < 4.78 is 4.54. The van der Waals surface area contributed by atoms with Crippen LogP contribution in [0.15, 0.2) is 17.0 Å². The first-order chi connectivity index (χ1) is 12.8. The minimum Gasteiger partial charge on any atom is -0.507 e. The molecule has 1 aromatic carbocycles. The predicted octanol–water partition coefficient (Wildman–Crippen LogP) is 4.20. The van der Waals surface area contributed by atoms with Gasteiger partial charge in [-0.15, -0.1) is 0 Å². The molecule has 0 unspecified atom stereocenters. The van der Waals surface area contributed by atoms with Crippen molar-refractivity contribution in [3.8, 4) is 5.75 Å². The average Bonchev–Trinajstić information content (AvgIpc) is 2.81. The monoisotopic (exact) mass is 405 g/mol. The maximum atomic E-state index is 12.6. The summed E-state index contributed by atoms with van der Waals surface area (Å²) in [4.78, 5) is 37.2. The maximum absolute atomic E-state index is 12.6. The molecular weight excluding hydrogens is 378 g/mol. The topological polar surface area (TPSA) is 83.9 Å². The van der Waals surface area contributed by atoms with Crippen molar-refractivity contribution in [2.75, 3.05) is 13.7 Å². The van der Waals surface area contributed by atoms with Gasteiger partial charge in [0.1, 0.15) is 12.3 Å². The van der Waals surface area contributed by atoms with Crippen LogP contribution in [0.25, 0.3) is 6.08 Å². The lowest BCUT2D eigenvalue weighted by molar-refractivity contribution is -0.143. The zero-order valence-corrected chi connectivity index (χ0v) is 18.2. The van der Waals surface area contributed by atoms with Crippen LogP contribution in [0.3, 0.4) is 0 Å². The standard InChI is InChI=1S/C21H27NO5S/c1-20(2,3)13-8-12(9-14(17(13)24)21(4,5)6)10-15-18(25)22(19(26)28-15)11-16(23)27-7/h8-10,24H,11H2,1-7H3. The number of ether oxygens (including phenoxy) is 1. The van der Waals surface area contributed by atoms with Gasteiger partial charge < -0.3 is 9.84 Å². The molecule has 1 aliphatic heterocycles. The van der Waals surface area contributed by atoms with E-state index in [-0.39, 0.29) is 21.5 Å². The Balaban J connectivity index is 2.52. The van der Waals surface area contributed by atoms with Crippen LogP contribution in [0.4, 0.5) is 4.79 Å². The Bertz CT molecular complexity index is 824. The molecule has 2 rings (SSSR count). The third-order valence-electron chi connectivity index (χ3n) is 4.43. The Hall–Kier alpha value is -2.28. The molecule has 1 saturated heterocycles. The largest absolute Gasteiger partial charge is 0.507 e. The van der Waals surface area contributed by atoms with Crippen LogP contribution in [0.5, 0.6) is 5.75 Å². The number of hydrogen-bond donors (Lipinski definition) is 1. The van der Waals surface area contributed by atoms with Crippen molar-refractivity contribution in [1.29, 1.82) is 0 Å². The SMILES string of the molecule is COC(=O)CN1C(=O)SC(=Cc2cc(C(C)(C)C)c(O)c(C(C)(C)C)c2)C1=O. The molecule has 6 nitrogen and oxygen atoms in total.